The summed E-state index contributed by atoms with van der Waals surface area (Å²) in [5.41, 5.74) is 4.84. The van der Waals surface area contributed by atoms with E-state index in [0.717, 1.165) is 12.8 Å². The van der Waals surface area contributed by atoms with E-state index in [2.05, 4.69) is 10.6 Å². The molecule has 0 aromatic heterocycles. The van der Waals surface area contributed by atoms with E-state index in [4.69, 9.17) is 5.73 Å². The lowest BCUT2D eigenvalue weighted by Crippen LogP contribution is -2.47. The molecule has 5 heteroatoms. The average molecular weight is 171 g/mol. The van der Waals surface area contributed by atoms with Crippen LogP contribution in [0.15, 0.2) is 0 Å². The molecule has 0 spiro atoms. The molecule has 1 saturated carbocycles. The third-order valence-corrected chi connectivity index (χ3v) is 1.86. The van der Waals surface area contributed by atoms with Crippen molar-refractivity contribution in [2.24, 2.45) is 5.73 Å². The van der Waals surface area contributed by atoms with Crippen LogP contribution in [0.2, 0.25) is 0 Å². The van der Waals surface area contributed by atoms with Gasteiger partial charge in [-0.3, -0.25) is 4.79 Å². The maximum Gasteiger partial charge on any atom is 0.315 e. The van der Waals surface area contributed by atoms with Crippen molar-refractivity contribution in [3.8, 4) is 0 Å². The number of nitrogens with one attached hydrogen (secondary N) is 2. The number of hydrogen-bond acceptors (Lipinski definition) is 2. The van der Waals surface area contributed by atoms with E-state index in [1.54, 1.807) is 0 Å². The third-order valence-electron chi connectivity index (χ3n) is 1.86. The molecule has 0 aromatic rings. The molecule has 1 rings (SSSR count). The molecule has 0 unspecified atom stereocenters. The molecule has 1 aliphatic carbocycles. The maximum absolute atomic E-state index is 10.9. The SMILES string of the molecule is NC(=O)CNC(=O)NC1CCC1. The second kappa shape index (κ2) is 3.94. The van der Waals surface area contributed by atoms with Crippen molar-refractivity contribution < 1.29 is 9.59 Å². The monoisotopic (exact) mass is 171 g/mol. The van der Waals surface area contributed by atoms with Crippen LogP contribution >= 0.6 is 0 Å². The highest BCUT2D eigenvalue weighted by Crippen LogP contribution is 2.17. The van der Waals surface area contributed by atoms with Crippen molar-refractivity contribution in [1.29, 1.82) is 0 Å². The highest BCUT2D eigenvalue weighted by Gasteiger charge is 2.18. The van der Waals surface area contributed by atoms with E-state index >= 15 is 0 Å². The van der Waals surface area contributed by atoms with Crippen molar-refractivity contribution in [3.05, 3.63) is 0 Å². The average Bonchev–Trinajstić information content (AvgIpc) is 1.93. The summed E-state index contributed by atoms with van der Waals surface area (Å²) < 4.78 is 0. The molecule has 0 saturated heterocycles. The van der Waals surface area contributed by atoms with Gasteiger partial charge in [0, 0.05) is 6.04 Å². The summed E-state index contributed by atoms with van der Waals surface area (Å²) in [4.78, 5) is 21.2. The van der Waals surface area contributed by atoms with E-state index < -0.39 is 5.91 Å². The Balaban J connectivity index is 2.06. The fraction of sp³-hybridized carbons (Fsp3) is 0.714. The van der Waals surface area contributed by atoms with Crippen LogP contribution in [0.3, 0.4) is 0 Å². The van der Waals surface area contributed by atoms with Gasteiger partial charge in [0.05, 0.1) is 6.54 Å². The van der Waals surface area contributed by atoms with Gasteiger partial charge in [-0.2, -0.15) is 0 Å². The van der Waals surface area contributed by atoms with Crippen molar-refractivity contribution in [2.45, 2.75) is 25.3 Å². The summed E-state index contributed by atoms with van der Waals surface area (Å²) in [7, 11) is 0. The van der Waals surface area contributed by atoms with Gasteiger partial charge in [0.15, 0.2) is 0 Å². The Morgan fingerprint density at radius 1 is 1.42 bits per heavy atom. The van der Waals surface area contributed by atoms with E-state index in [-0.39, 0.29) is 18.6 Å². The zero-order chi connectivity index (χ0) is 8.97. The van der Waals surface area contributed by atoms with Crippen LogP contribution in [-0.4, -0.2) is 24.5 Å². The van der Waals surface area contributed by atoms with Gasteiger partial charge in [-0.25, -0.2) is 4.79 Å². The number of urea groups is 1. The number of amides is 3. The fourth-order valence-corrected chi connectivity index (χ4v) is 0.956. The molecule has 1 fully saturated rings. The van der Waals surface area contributed by atoms with Gasteiger partial charge in [0.25, 0.3) is 0 Å². The fourth-order valence-electron chi connectivity index (χ4n) is 0.956. The Morgan fingerprint density at radius 3 is 2.50 bits per heavy atom. The predicted octanol–water partition coefficient (Wildman–Crippen LogP) is -0.677. The molecule has 68 valence electrons. The molecule has 0 atom stereocenters. The minimum atomic E-state index is -0.529. The van der Waals surface area contributed by atoms with Gasteiger partial charge in [-0.05, 0) is 19.3 Å². The topological polar surface area (TPSA) is 84.2 Å². The maximum atomic E-state index is 10.9. The van der Waals surface area contributed by atoms with E-state index in [9.17, 15) is 9.59 Å². The second-order valence-corrected chi connectivity index (χ2v) is 2.92. The molecule has 3 amide bonds. The Hall–Kier alpha value is -1.26. The molecule has 0 aromatic carbocycles. The highest BCUT2D eigenvalue weighted by molar-refractivity contribution is 5.82. The smallest absolute Gasteiger partial charge is 0.315 e. The summed E-state index contributed by atoms with van der Waals surface area (Å²) in [5.74, 6) is -0.529. The quantitative estimate of drug-likeness (QED) is 0.525. The third kappa shape index (κ3) is 2.77. The number of nitrogens with two attached hydrogens (primary N) is 1. The largest absolute Gasteiger partial charge is 0.368 e. The Kier molecular flexibility index (Phi) is 2.90. The number of primary amides is 1. The van der Waals surface area contributed by atoms with Gasteiger partial charge in [-0.15, -0.1) is 0 Å². The standard InChI is InChI=1S/C7H13N3O2/c8-6(11)4-9-7(12)10-5-2-1-3-5/h5H,1-4H2,(H2,8,11)(H2,9,10,12). The number of hydrogen-bond donors (Lipinski definition) is 3. The Labute approximate surface area is 70.7 Å². The zero-order valence-corrected chi connectivity index (χ0v) is 6.80. The Bertz CT molecular complexity index is 189. The first-order chi connectivity index (χ1) is 5.68. The minimum absolute atomic E-state index is 0.0987. The van der Waals surface area contributed by atoms with Crippen LogP contribution in [0, 0.1) is 0 Å². The van der Waals surface area contributed by atoms with Crippen LogP contribution in [-0.2, 0) is 4.79 Å². The normalized spacial score (nSPS) is 16.3. The summed E-state index contributed by atoms with van der Waals surface area (Å²) >= 11 is 0. The molecule has 0 bridgehead atoms. The molecule has 12 heavy (non-hydrogen) atoms. The molecule has 0 aliphatic heterocycles. The van der Waals surface area contributed by atoms with Crippen LogP contribution in [0.4, 0.5) is 4.79 Å². The summed E-state index contributed by atoms with van der Waals surface area (Å²) in [6, 6.07) is -0.0172. The number of carbonyl (C=O) groups excluding carboxylic acids is 2. The zero-order valence-electron chi connectivity index (χ0n) is 6.80. The van der Waals surface area contributed by atoms with Crippen LogP contribution in [0.25, 0.3) is 0 Å². The molecule has 0 heterocycles. The second-order valence-electron chi connectivity index (χ2n) is 2.92. The Morgan fingerprint density at radius 2 is 2.08 bits per heavy atom. The van der Waals surface area contributed by atoms with Crippen LogP contribution in [0.5, 0.6) is 0 Å². The first kappa shape index (κ1) is 8.83. The van der Waals surface area contributed by atoms with Crippen molar-refractivity contribution in [2.75, 3.05) is 6.54 Å². The van der Waals surface area contributed by atoms with Gasteiger partial charge in [-0.1, -0.05) is 0 Å². The summed E-state index contributed by atoms with van der Waals surface area (Å²) in [6.07, 6.45) is 3.23. The van der Waals surface area contributed by atoms with E-state index in [0.29, 0.717) is 0 Å². The van der Waals surface area contributed by atoms with Crippen molar-refractivity contribution in [3.63, 3.8) is 0 Å². The molecular formula is C7H13N3O2. The first-order valence-electron chi connectivity index (χ1n) is 4.01. The number of rotatable bonds is 3. The molecule has 5 nitrogen and oxygen atoms in total. The van der Waals surface area contributed by atoms with Crippen molar-refractivity contribution >= 4 is 11.9 Å². The van der Waals surface area contributed by atoms with Crippen LogP contribution in [0.1, 0.15) is 19.3 Å². The molecule has 0 radical (unpaired) electrons. The number of carbonyl (C=O) groups is 2. The van der Waals surface area contributed by atoms with Gasteiger partial charge in [0.2, 0.25) is 5.91 Å². The lowest BCUT2D eigenvalue weighted by Gasteiger charge is -2.26. The predicted molar refractivity (Wildman–Crippen MR) is 43.4 cm³/mol. The summed E-state index contributed by atoms with van der Waals surface area (Å²) in [5, 5.41) is 5.07. The van der Waals surface area contributed by atoms with Gasteiger partial charge in [0.1, 0.15) is 0 Å². The van der Waals surface area contributed by atoms with E-state index in [1.165, 1.54) is 6.42 Å². The minimum Gasteiger partial charge on any atom is -0.368 e. The highest BCUT2D eigenvalue weighted by atomic mass is 16.2. The van der Waals surface area contributed by atoms with Gasteiger partial charge >= 0.3 is 6.03 Å². The molecular weight excluding hydrogens is 158 g/mol. The van der Waals surface area contributed by atoms with E-state index in [1.807, 2.05) is 0 Å². The first-order valence-corrected chi connectivity index (χ1v) is 4.01. The summed E-state index contributed by atoms with van der Waals surface area (Å²) in [6.45, 7) is -0.0987. The lowest BCUT2D eigenvalue weighted by atomic mass is 9.93. The van der Waals surface area contributed by atoms with Crippen LogP contribution < -0.4 is 16.4 Å². The van der Waals surface area contributed by atoms with Crippen molar-refractivity contribution in [1.82, 2.24) is 10.6 Å². The van der Waals surface area contributed by atoms with Gasteiger partial charge < -0.3 is 16.4 Å². The molecule has 4 N–H and O–H groups in total. The molecule has 1 aliphatic rings. The lowest BCUT2D eigenvalue weighted by molar-refractivity contribution is -0.117.